The molecule has 0 saturated carbocycles. The predicted octanol–water partition coefficient (Wildman–Crippen LogP) is 5.57. The lowest BCUT2D eigenvalue weighted by Gasteiger charge is -2.09. The maximum absolute atomic E-state index is 5.24. The van der Waals surface area contributed by atoms with E-state index in [-0.39, 0.29) is 0 Å². The van der Waals surface area contributed by atoms with E-state index in [0.29, 0.717) is 0 Å². The standard InChI is InChI=1S/C16H30/c1-4-6-8-9-10-11-13-15-16(3)14-12-7-5-2/h2,16H,4,6-15H2,1,3H3. The Balaban J connectivity index is 3.09. The van der Waals surface area contributed by atoms with E-state index in [4.69, 9.17) is 6.42 Å². The van der Waals surface area contributed by atoms with Gasteiger partial charge in [0.15, 0.2) is 0 Å². The van der Waals surface area contributed by atoms with Crippen molar-refractivity contribution in [1.82, 2.24) is 0 Å². The van der Waals surface area contributed by atoms with E-state index in [0.717, 1.165) is 12.3 Å². The molecule has 16 heavy (non-hydrogen) atoms. The monoisotopic (exact) mass is 222 g/mol. The van der Waals surface area contributed by atoms with Crippen LogP contribution in [-0.4, -0.2) is 0 Å². The van der Waals surface area contributed by atoms with Gasteiger partial charge in [-0.25, -0.2) is 0 Å². The Bertz CT molecular complexity index is 163. The summed E-state index contributed by atoms with van der Waals surface area (Å²) in [6.45, 7) is 4.64. The van der Waals surface area contributed by atoms with Gasteiger partial charge in [0.1, 0.15) is 0 Å². The van der Waals surface area contributed by atoms with Gasteiger partial charge in [-0.3, -0.25) is 0 Å². The third kappa shape index (κ3) is 11.6. The molecule has 0 aromatic carbocycles. The van der Waals surface area contributed by atoms with Crippen LogP contribution in [0.3, 0.4) is 0 Å². The maximum atomic E-state index is 5.24. The summed E-state index contributed by atoms with van der Waals surface area (Å²) in [6.07, 6.45) is 20.1. The van der Waals surface area contributed by atoms with Crippen LogP contribution in [0.25, 0.3) is 0 Å². The third-order valence-corrected chi connectivity index (χ3v) is 3.32. The van der Waals surface area contributed by atoms with Crippen molar-refractivity contribution in [1.29, 1.82) is 0 Å². The van der Waals surface area contributed by atoms with Gasteiger partial charge in [-0.2, -0.15) is 0 Å². The molecule has 0 amide bonds. The first kappa shape index (κ1) is 15.6. The van der Waals surface area contributed by atoms with Gasteiger partial charge in [0.05, 0.1) is 0 Å². The molecule has 94 valence electrons. The second-order valence-corrected chi connectivity index (χ2v) is 5.11. The average molecular weight is 222 g/mol. The molecule has 0 bridgehead atoms. The molecule has 0 heterocycles. The molecule has 0 rings (SSSR count). The van der Waals surface area contributed by atoms with E-state index in [1.54, 1.807) is 0 Å². The van der Waals surface area contributed by atoms with E-state index in [1.165, 1.54) is 64.2 Å². The molecule has 0 N–H and O–H groups in total. The minimum absolute atomic E-state index is 0.879. The molecule has 0 heteroatoms. The van der Waals surface area contributed by atoms with Gasteiger partial charge in [-0.05, 0) is 18.8 Å². The van der Waals surface area contributed by atoms with Crippen LogP contribution < -0.4 is 0 Å². The van der Waals surface area contributed by atoms with Crippen LogP contribution in [-0.2, 0) is 0 Å². The van der Waals surface area contributed by atoms with Gasteiger partial charge in [0.25, 0.3) is 0 Å². The van der Waals surface area contributed by atoms with E-state index in [1.807, 2.05) is 0 Å². The molecule has 0 fully saturated rings. The molecule has 0 aromatic heterocycles. The molecular weight excluding hydrogens is 192 g/mol. The Labute approximate surface area is 103 Å². The molecule has 0 aromatic rings. The zero-order chi connectivity index (χ0) is 12.1. The summed E-state index contributed by atoms with van der Waals surface area (Å²) in [5.41, 5.74) is 0. The highest BCUT2D eigenvalue weighted by Gasteiger charge is 2.01. The van der Waals surface area contributed by atoms with Gasteiger partial charge in [0, 0.05) is 6.42 Å². The fraction of sp³-hybridized carbons (Fsp3) is 0.875. The lowest BCUT2D eigenvalue weighted by molar-refractivity contribution is 0.446. The molecule has 1 atom stereocenters. The van der Waals surface area contributed by atoms with Crippen molar-refractivity contribution in [3.05, 3.63) is 0 Å². The summed E-state index contributed by atoms with van der Waals surface area (Å²) >= 11 is 0. The van der Waals surface area contributed by atoms with E-state index in [9.17, 15) is 0 Å². The summed E-state index contributed by atoms with van der Waals surface area (Å²) in [6, 6.07) is 0. The summed E-state index contributed by atoms with van der Waals surface area (Å²) in [5.74, 6) is 3.60. The molecule has 0 spiro atoms. The molecule has 0 aliphatic rings. The highest BCUT2D eigenvalue weighted by atomic mass is 14.1. The lowest BCUT2D eigenvalue weighted by atomic mass is 9.97. The molecule has 0 saturated heterocycles. The molecular formula is C16H30. The van der Waals surface area contributed by atoms with Crippen molar-refractivity contribution in [2.45, 2.75) is 84.5 Å². The number of rotatable bonds is 11. The van der Waals surface area contributed by atoms with Crippen LogP contribution >= 0.6 is 0 Å². The third-order valence-electron chi connectivity index (χ3n) is 3.32. The Hall–Kier alpha value is -0.440. The van der Waals surface area contributed by atoms with Gasteiger partial charge >= 0.3 is 0 Å². The fourth-order valence-corrected chi connectivity index (χ4v) is 2.15. The second-order valence-electron chi connectivity index (χ2n) is 5.11. The highest BCUT2D eigenvalue weighted by Crippen LogP contribution is 2.16. The van der Waals surface area contributed by atoms with Gasteiger partial charge in [-0.15, -0.1) is 12.3 Å². The minimum Gasteiger partial charge on any atom is -0.120 e. The van der Waals surface area contributed by atoms with Crippen LogP contribution in [0.1, 0.15) is 84.5 Å². The molecule has 0 radical (unpaired) electrons. The Morgan fingerprint density at radius 3 is 2.06 bits per heavy atom. The average Bonchev–Trinajstić information content (AvgIpc) is 2.28. The first-order chi connectivity index (χ1) is 7.81. The predicted molar refractivity (Wildman–Crippen MR) is 74.5 cm³/mol. The van der Waals surface area contributed by atoms with Crippen molar-refractivity contribution in [2.24, 2.45) is 5.92 Å². The quantitative estimate of drug-likeness (QED) is 0.317. The fourth-order valence-electron chi connectivity index (χ4n) is 2.15. The SMILES string of the molecule is C#CCCCC(C)CCCCCCCCC. The zero-order valence-electron chi connectivity index (χ0n) is 11.4. The molecule has 0 aliphatic heterocycles. The number of hydrogen-bond acceptors (Lipinski definition) is 0. The highest BCUT2D eigenvalue weighted by molar-refractivity contribution is 4.83. The Morgan fingerprint density at radius 2 is 1.44 bits per heavy atom. The van der Waals surface area contributed by atoms with E-state index in [2.05, 4.69) is 19.8 Å². The Morgan fingerprint density at radius 1 is 0.875 bits per heavy atom. The normalized spacial score (nSPS) is 12.3. The van der Waals surface area contributed by atoms with E-state index < -0.39 is 0 Å². The maximum Gasteiger partial charge on any atom is 0.00861 e. The van der Waals surface area contributed by atoms with Crippen LogP contribution in [0.4, 0.5) is 0 Å². The Kier molecular flexibility index (Phi) is 12.3. The number of unbranched alkanes of at least 4 members (excludes halogenated alkanes) is 7. The first-order valence-electron chi connectivity index (χ1n) is 7.24. The summed E-state index contributed by atoms with van der Waals surface area (Å²) in [4.78, 5) is 0. The molecule has 0 nitrogen and oxygen atoms in total. The lowest BCUT2D eigenvalue weighted by Crippen LogP contribution is -1.94. The van der Waals surface area contributed by atoms with Gasteiger partial charge < -0.3 is 0 Å². The van der Waals surface area contributed by atoms with Crippen molar-refractivity contribution in [3.63, 3.8) is 0 Å². The number of hydrogen-bond donors (Lipinski definition) is 0. The zero-order valence-corrected chi connectivity index (χ0v) is 11.4. The van der Waals surface area contributed by atoms with Gasteiger partial charge in [0.2, 0.25) is 0 Å². The van der Waals surface area contributed by atoms with Crippen LogP contribution in [0, 0.1) is 18.3 Å². The van der Waals surface area contributed by atoms with Crippen molar-refractivity contribution in [3.8, 4) is 12.3 Å². The first-order valence-corrected chi connectivity index (χ1v) is 7.24. The smallest absolute Gasteiger partial charge is 0.00861 e. The topological polar surface area (TPSA) is 0 Å². The van der Waals surface area contributed by atoms with Crippen molar-refractivity contribution >= 4 is 0 Å². The van der Waals surface area contributed by atoms with Crippen LogP contribution in [0.2, 0.25) is 0 Å². The number of terminal acetylenes is 1. The van der Waals surface area contributed by atoms with Crippen LogP contribution in [0.15, 0.2) is 0 Å². The minimum atomic E-state index is 0.879. The molecule has 1 unspecified atom stereocenters. The molecule has 0 aliphatic carbocycles. The van der Waals surface area contributed by atoms with Crippen LogP contribution in [0.5, 0.6) is 0 Å². The summed E-state index contributed by atoms with van der Waals surface area (Å²) in [5, 5.41) is 0. The largest absolute Gasteiger partial charge is 0.120 e. The van der Waals surface area contributed by atoms with E-state index >= 15 is 0 Å². The van der Waals surface area contributed by atoms with Crippen molar-refractivity contribution in [2.75, 3.05) is 0 Å². The summed E-state index contributed by atoms with van der Waals surface area (Å²) in [7, 11) is 0. The van der Waals surface area contributed by atoms with Crippen molar-refractivity contribution < 1.29 is 0 Å². The van der Waals surface area contributed by atoms with Gasteiger partial charge in [-0.1, -0.05) is 65.2 Å². The summed E-state index contributed by atoms with van der Waals surface area (Å²) < 4.78 is 0. The second kappa shape index (κ2) is 12.6.